The molecule has 136 valence electrons. The minimum Gasteiger partial charge on any atom is -0.433 e. The Morgan fingerprint density at radius 1 is 0.680 bits per heavy atom. The molecule has 0 aromatic heterocycles. The predicted octanol–water partition coefficient (Wildman–Crippen LogP) is 0.589. The number of carbonyl (C=O) groups is 4. The van der Waals surface area contributed by atoms with Gasteiger partial charge in [0.05, 0.1) is 5.41 Å². The van der Waals surface area contributed by atoms with Crippen molar-refractivity contribution in [2.45, 2.75) is 31.4 Å². The predicted molar refractivity (Wildman–Crippen MR) is 59.3 cm³/mol. The molecule has 4 fully saturated rings. The molecule has 0 aromatic rings. The van der Waals surface area contributed by atoms with Crippen molar-refractivity contribution in [2.24, 2.45) is 5.41 Å². The Bertz CT molecular complexity index is 699. The highest BCUT2D eigenvalue weighted by atomic mass is 17.4. The first kappa shape index (κ1) is 15.5. The highest BCUT2D eigenvalue weighted by Gasteiger charge is 2.93. The summed E-state index contributed by atoms with van der Waals surface area (Å²) in [5.41, 5.74) is -1.49. The molecule has 4 rings (SSSR count). The molecule has 4 saturated heterocycles. The summed E-state index contributed by atoms with van der Waals surface area (Å²) in [6.07, 6.45) is -5.94. The smallest absolute Gasteiger partial charge is 0.433 e. The molecule has 14 nitrogen and oxygen atoms in total. The average molecular weight is 364 g/mol. The maximum Gasteiger partial charge on any atom is 0.546 e. The molecule has 1 spiro atoms. The van der Waals surface area contributed by atoms with Crippen molar-refractivity contribution >= 4 is 24.6 Å². The molecule has 0 aromatic carbocycles. The van der Waals surface area contributed by atoms with Crippen LogP contribution >= 0.6 is 0 Å². The Labute approximate surface area is 136 Å². The van der Waals surface area contributed by atoms with Crippen LogP contribution in [0, 0.1) is 5.41 Å². The van der Waals surface area contributed by atoms with E-state index in [2.05, 4.69) is 24.1 Å². The second-order valence-electron chi connectivity index (χ2n) is 5.81. The standard InChI is InChI=1S/C11H8O14/c1-8(2)3-16-4(12)17-9(8)10-11(20-5(13)18-10,21-7(15)22-24-10)25-23-6(14)19-9/h3H2,1-2H3. The minimum atomic E-state index is -2.99. The highest BCUT2D eigenvalue weighted by Crippen LogP contribution is 2.59. The third kappa shape index (κ3) is 1.69. The van der Waals surface area contributed by atoms with E-state index < -0.39 is 54.2 Å². The van der Waals surface area contributed by atoms with Gasteiger partial charge >= 0.3 is 42.2 Å². The molecule has 0 aliphatic carbocycles. The summed E-state index contributed by atoms with van der Waals surface area (Å²) in [5, 5.41) is 0. The molecule has 0 bridgehead atoms. The molecule has 0 N–H and O–H groups in total. The quantitative estimate of drug-likeness (QED) is 0.333. The van der Waals surface area contributed by atoms with E-state index in [1.54, 1.807) is 0 Å². The second-order valence-corrected chi connectivity index (χ2v) is 5.81. The van der Waals surface area contributed by atoms with Gasteiger partial charge in [-0.15, -0.1) is 4.89 Å². The number of ether oxygens (including phenoxy) is 6. The minimum absolute atomic E-state index is 0.411. The number of hydrogen-bond donors (Lipinski definition) is 0. The van der Waals surface area contributed by atoms with Crippen molar-refractivity contribution < 1.29 is 67.1 Å². The molecule has 3 unspecified atom stereocenters. The number of carbonyl (C=O) groups excluding carboxylic acids is 4. The van der Waals surface area contributed by atoms with E-state index in [1.807, 2.05) is 0 Å². The van der Waals surface area contributed by atoms with Crippen molar-refractivity contribution in [1.82, 2.24) is 0 Å². The summed E-state index contributed by atoms with van der Waals surface area (Å²) in [6.45, 7) is 2.35. The Balaban J connectivity index is 1.98. The highest BCUT2D eigenvalue weighted by molar-refractivity contribution is 5.70. The summed E-state index contributed by atoms with van der Waals surface area (Å²) >= 11 is 0. The molecule has 25 heavy (non-hydrogen) atoms. The van der Waals surface area contributed by atoms with Gasteiger partial charge in [-0.1, -0.05) is 4.89 Å². The number of rotatable bonds is 0. The largest absolute Gasteiger partial charge is 0.546 e. The van der Waals surface area contributed by atoms with Crippen LogP contribution in [0.3, 0.4) is 0 Å². The van der Waals surface area contributed by atoms with E-state index in [0.717, 1.165) is 0 Å². The molecule has 0 amide bonds. The van der Waals surface area contributed by atoms with Crippen molar-refractivity contribution in [3.63, 3.8) is 0 Å². The zero-order valence-corrected chi connectivity index (χ0v) is 12.4. The lowest BCUT2D eigenvalue weighted by atomic mass is 9.76. The Hall–Kier alpha value is -3.00. The van der Waals surface area contributed by atoms with Gasteiger partial charge in [-0.3, -0.25) is 9.78 Å². The number of cyclic esters (lactones) is 1. The van der Waals surface area contributed by atoms with Gasteiger partial charge < -0.3 is 28.4 Å². The lowest BCUT2D eigenvalue weighted by Gasteiger charge is -2.51. The van der Waals surface area contributed by atoms with Crippen LogP contribution in [0.4, 0.5) is 19.2 Å². The molecule has 4 aliphatic heterocycles. The Morgan fingerprint density at radius 2 is 1.24 bits per heavy atom. The SMILES string of the molecule is CC1(C)COC(=O)OC12OC(=O)OOC13OC(=O)OOC12OC(=O)O3. The van der Waals surface area contributed by atoms with E-state index in [9.17, 15) is 19.2 Å². The third-order valence-electron chi connectivity index (χ3n) is 3.84. The van der Waals surface area contributed by atoms with Gasteiger partial charge in [0.25, 0.3) is 0 Å². The van der Waals surface area contributed by atoms with Crippen LogP contribution in [0.5, 0.6) is 0 Å². The van der Waals surface area contributed by atoms with Crippen molar-refractivity contribution in [3.05, 3.63) is 0 Å². The van der Waals surface area contributed by atoms with Gasteiger partial charge in [0.15, 0.2) is 0 Å². The van der Waals surface area contributed by atoms with Gasteiger partial charge in [0, 0.05) is 0 Å². The first-order valence-corrected chi connectivity index (χ1v) is 6.60. The Kier molecular flexibility index (Phi) is 2.69. The monoisotopic (exact) mass is 364 g/mol. The molecule has 4 heterocycles. The lowest BCUT2D eigenvalue weighted by molar-refractivity contribution is -0.595. The molecular weight excluding hydrogens is 356 g/mol. The van der Waals surface area contributed by atoms with E-state index in [0.29, 0.717) is 0 Å². The first-order chi connectivity index (χ1) is 11.7. The maximum absolute atomic E-state index is 11.8. The fourth-order valence-electron chi connectivity index (χ4n) is 2.75. The van der Waals surface area contributed by atoms with Gasteiger partial charge in [0.2, 0.25) is 0 Å². The van der Waals surface area contributed by atoms with Crippen LogP contribution < -0.4 is 0 Å². The van der Waals surface area contributed by atoms with Crippen LogP contribution in [0.2, 0.25) is 0 Å². The zero-order chi connectivity index (χ0) is 18.1. The molecular formula is C11H8O14. The van der Waals surface area contributed by atoms with Gasteiger partial charge in [-0.25, -0.2) is 19.2 Å². The number of hydrogen-bond acceptors (Lipinski definition) is 14. The first-order valence-electron chi connectivity index (χ1n) is 6.60. The summed E-state index contributed by atoms with van der Waals surface area (Å²) in [6, 6.07) is 0. The van der Waals surface area contributed by atoms with Crippen LogP contribution in [0.15, 0.2) is 0 Å². The van der Waals surface area contributed by atoms with E-state index in [4.69, 9.17) is 23.8 Å². The van der Waals surface area contributed by atoms with Crippen molar-refractivity contribution in [3.8, 4) is 0 Å². The van der Waals surface area contributed by atoms with E-state index >= 15 is 0 Å². The van der Waals surface area contributed by atoms with Crippen LogP contribution in [0.1, 0.15) is 13.8 Å². The maximum atomic E-state index is 11.8. The lowest BCUT2D eigenvalue weighted by Crippen LogP contribution is -2.78. The van der Waals surface area contributed by atoms with Crippen LogP contribution in [0.25, 0.3) is 0 Å². The summed E-state index contributed by atoms with van der Waals surface area (Å²) in [4.78, 5) is 64.7. The average Bonchev–Trinajstić information content (AvgIpc) is 2.77. The second kappa shape index (κ2) is 4.34. The molecule has 14 heteroatoms. The molecule has 0 saturated carbocycles. The van der Waals surface area contributed by atoms with E-state index in [1.165, 1.54) is 13.8 Å². The summed E-state index contributed by atoms with van der Waals surface area (Å²) < 4.78 is 29.0. The van der Waals surface area contributed by atoms with Gasteiger partial charge in [-0.2, -0.15) is 0 Å². The van der Waals surface area contributed by atoms with E-state index in [-0.39, 0.29) is 0 Å². The van der Waals surface area contributed by atoms with Gasteiger partial charge in [0.1, 0.15) is 6.61 Å². The van der Waals surface area contributed by atoms with Crippen molar-refractivity contribution in [2.75, 3.05) is 6.61 Å². The fourth-order valence-corrected chi connectivity index (χ4v) is 2.75. The Morgan fingerprint density at radius 3 is 2.00 bits per heavy atom. The van der Waals surface area contributed by atoms with Gasteiger partial charge in [-0.05, 0) is 13.8 Å². The fraction of sp³-hybridized carbons (Fsp3) is 0.636. The third-order valence-corrected chi connectivity index (χ3v) is 3.84. The normalized spacial score (nSPS) is 41.2. The molecule has 0 radical (unpaired) electrons. The summed E-state index contributed by atoms with van der Waals surface area (Å²) in [5.74, 6) is -8.53. The van der Waals surface area contributed by atoms with Crippen molar-refractivity contribution in [1.29, 1.82) is 0 Å². The zero-order valence-electron chi connectivity index (χ0n) is 12.4. The van der Waals surface area contributed by atoms with Crippen LogP contribution in [-0.2, 0) is 48.0 Å². The molecule has 4 aliphatic rings. The van der Waals surface area contributed by atoms with Crippen LogP contribution in [-0.4, -0.2) is 48.8 Å². The molecule has 3 atom stereocenters. The summed E-state index contributed by atoms with van der Waals surface area (Å²) in [7, 11) is 0. The topological polar surface area (TPSA) is 161 Å².